The second-order valence-electron chi connectivity index (χ2n) is 4.23. The zero-order valence-corrected chi connectivity index (χ0v) is 12.4. The summed E-state index contributed by atoms with van der Waals surface area (Å²) in [6, 6.07) is 0. The summed E-state index contributed by atoms with van der Waals surface area (Å²) in [4.78, 5) is 11.6. The molecule has 0 saturated carbocycles. The molecule has 0 aliphatic heterocycles. The lowest BCUT2D eigenvalue weighted by atomic mass is 10.2. The van der Waals surface area contributed by atoms with E-state index in [0.717, 1.165) is 0 Å². The van der Waals surface area contributed by atoms with E-state index in [9.17, 15) is 13.2 Å². The minimum absolute atomic E-state index is 0.102. The second-order valence-corrected chi connectivity index (χ2v) is 6.74. The van der Waals surface area contributed by atoms with Crippen LogP contribution in [0.4, 0.5) is 0 Å². The van der Waals surface area contributed by atoms with Crippen LogP contribution in [0.25, 0.3) is 0 Å². The number of carbonyl (C=O) groups is 1. The van der Waals surface area contributed by atoms with Crippen LogP contribution < -0.4 is 5.32 Å². The molecule has 0 aromatic carbocycles. The molecule has 1 heterocycles. The van der Waals surface area contributed by atoms with Gasteiger partial charge in [-0.05, 0) is 12.8 Å². The number of halogens is 1. The third-order valence-corrected chi connectivity index (χ3v) is 3.86. The largest absolute Gasteiger partial charge is 0.384 e. The number of hydrogen-bond acceptors (Lipinski definition) is 5. The predicted molar refractivity (Wildman–Crippen MR) is 69.7 cm³/mol. The molecule has 0 spiro atoms. The van der Waals surface area contributed by atoms with Crippen LogP contribution in [-0.2, 0) is 13.8 Å². The normalized spacial score (nSPS) is 13.3. The van der Waals surface area contributed by atoms with Gasteiger partial charge in [-0.25, -0.2) is 8.42 Å². The molecule has 1 aromatic heterocycles. The first kappa shape index (κ1) is 15.9. The Morgan fingerprint density at radius 1 is 1.58 bits per heavy atom. The zero-order chi connectivity index (χ0) is 14.6. The summed E-state index contributed by atoms with van der Waals surface area (Å²) in [5.74, 6) is -0.489. The van der Waals surface area contributed by atoms with E-state index in [1.165, 1.54) is 6.92 Å². The van der Waals surface area contributed by atoms with Gasteiger partial charge in [-0.1, -0.05) is 6.92 Å². The number of aromatic nitrogens is 2. The van der Waals surface area contributed by atoms with Gasteiger partial charge in [0.1, 0.15) is 4.90 Å². The first-order chi connectivity index (χ1) is 8.77. The highest BCUT2D eigenvalue weighted by molar-refractivity contribution is 8.13. The van der Waals surface area contributed by atoms with Gasteiger partial charge in [-0.3, -0.25) is 9.89 Å². The lowest BCUT2D eigenvalue weighted by Gasteiger charge is -2.10. The highest BCUT2D eigenvalue weighted by Gasteiger charge is 2.26. The summed E-state index contributed by atoms with van der Waals surface area (Å²) in [7, 11) is 2.82. The van der Waals surface area contributed by atoms with Crippen LogP contribution >= 0.6 is 10.7 Å². The number of nitrogens with zero attached hydrogens (tertiary/aromatic N) is 1. The summed E-state index contributed by atoms with van der Waals surface area (Å²) in [6.07, 6.45) is 0. The van der Waals surface area contributed by atoms with Gasteiger partial charge in [-0.2, -0.15) is 5.10 Å². The Bertz CT molecular complexity index is 555. The van der Waals surface area contributed by atoms with Crippen molar-refractivity contribution in [3.8, 4) is 0 Å². The van der Waals surface area contributed by atoms with E-state index < -0.39 is 15.0 Å². The van der Waals surface area contributed by atoms with Crippen LogP contribution in [0, 0.1) is 12.8 Å². The van der Waals surface area contributed by atoms with E-state index in [4.69, 9.17) is 15.4 Å². The van der Waals surface area contributed by atoms with Crippen molar-refractivity contribution in [3.05, 3.63) is 11.4 Å². The quantitative estimate of drug-likeness (QED) is 0.752. The summed E-state index contributed by atoms with van der Waals surface area (Å²) < 4.78 is 27.7. The van der Waals surface area contributed by atoms with Crippen molar-refractivity contribution in [2.24, 2.45) is 5.92 Å². The van der Waals surface area contributed by atoms with Crippen molar-refractivity contribution < 1.29 is 17.9 Å². The topological polar surface area (TPSA) is 101 Å². The van der Waals surface area contributed by atoms with Gasteiger partial charge < -0.3 is 10.1 Å². The lowest BCUT2D eigenvalue weighted by molar-refractivity contribution is 0.0926. The van der Waals surface area contributed by atoms with Crippen molar-refractivity contribution in [2.45, 2.75) is 18.7 Å². The molecule has 7 nitrogen and oxygen atoms in total. The number of hydrogen-bond donors (Lipinski definition) is 2. The maximum Gasteiger partial charge on any atom is 0.273 e. The smallest absolute Gasteiger partial charge is 0.273 e. The molecule has 1 amide bonds. The summed E-state index contributed by atoms with van der Waals surface area (Å²) >= 11 is 0. The molecule has 1 atom stereocenters. The number of H-pyrrole nitrogens is 1. The van der Waals surface area contributed by atoms with Crippen molar-refractivity contribution in [1.82, 2.24) is 15.5 Å². The maximum atomic E-state index is 11.9. The molecule has 0 bridgehead atoms. The molecule has 0 saturated heterocycles. The molecular weight excluding hydrogens is 294 g/mol. The SMILES string of the molecule is COCC(C)CNC(=O)c1n[nH]c(C)c1S(=O)(=O)Cl. The minimum atomic E-state index is -4.02. The molecule has 0 radical (unpaired) electrons. The monoisotopic (exact) mass is 309 g/mol. The maximum absolute atomic E-state index is 11.9. The number of aryl methyl sites for hydroxylation is 1. The Kier molecular flexibility index (Phi) is 5.33. The Labute approximate surface area is 116 Å². The molecular formula is C10H16ClN3O4S. The van der Waals surface area contributed by atoms with Gasteiger partial charge in [-0.15, -0.1) is 0 Å². The molecule has 0 aliphatic carbocycles. The van der Waals surface area contributed by atoms with E-state index in [2.05, 4.69) is 15.5 Å². The Morgan fingerprint density at radius 3 is 2.74 bits per heavy atom. The Balaban J connectivity index is 2.84. The van der Waals surface area contributed by atoms with Gasteiger partial charge in [0.2, 0.25) is 0 Å². The zero-order valence-electron chi connectivity index (χ0n) is 10.9. The summed E-state index contributed by atoms with van der Waals surface area (Å²) in [5.41, 5.74) is 0.00204. The van der Waals surface area contributed by atoms with E-state index in [0.29, 0.717) is 13.2 Å². The van der Waals surface area contributed by atoms with Crippen molar-refractivity contribution >= 4 is 25.6 Å². The number of amides is 1. The van der Waals surface area contributed by atoms with Gasteiger partial charge in [0.05, 0.1) is 12.3 Å². The third-order valence-electron chi connectivity index (χ3n) is 2.41. The van der Waals surface area contributed by atoms with E-state index in [1.807, 2.05) is 6.92 Å². The molecule has 1 unspecified atom stereocenters. The number of aromatic amines is 1. The van der Waals surface area contributed by atoms with Crippen LogP contribution in [-0.4, -0.2) is 44.8 Å². The molecule has 1 rings (SSSR count). The van der Waals surface area contributed by atoms with Crippen molar-refractivity contribution in [3.63, 3.8) is 0 Å². The minimum Gasteiger partial charge on any atom is -0.384 e. The van der Waals surface area contributed by atoms with Crippen LogP contribution in [0.3, 0.4) is 0 Å². The fourth-order valence-electron chi connectivity index (χ4n) is 1.57. The summed E-state index contributed by atoms with van der Waals surface area (Å²) in [5, 5.41) is 8.70. The number of rotatable bonds is 6. The number of ether oxygens (including phenoxy) is 1. The average molecular weight is 310 g/mol. The fourth-order valence-corrected chi connectivity index (χ4v) is 2.91. The molecule has 2 N–H and O–H groups in total. The van der Waals surface area contributed by atoms with Crippen LogP contribution in [0.15, 0.2) is 4.90 Å². The first-order valence-electron chi connectivity index (χ1n) is 5.54. The van der Waals surface area contributed by atoms with Gasteiger partial charge >= 0.3 is 0 Å². The Hall–Kier alpha value is -1.12. The average Bonchev–Trinajstić information content (AvgIpc) is 2.68. The van der Waals surface area contributed by atoms with E-state index in [1.54, 1.807) is 7.11 Å². The molecule has 0 aliphatic rings. The molecule has 0 fully saturated rings. The standard InChI is InChI=1S/C10H16ClN3O4S/c1-6(5-18-3)4-12-10(15)8-9(19(11,16)17)7(2)13-14-8/h6H,4-5H2,1-3H3,(H,12,15)(H,13,14). The van der Waals surface area contributed by atoms with Gasteiger partial charge in [0.25, 0.3) is 15.0 Å². The number of carbonyl (C=O) groups excluding carboxylic acids is 1. The van der Waals surface area contributed by atoms with E-state index >= 15 is 0 Å². The van der Waals surface area contributed by atoms with Gasteiger partial charge in [0.15, 0.2) is 5.69 Å². The van der Waals surface area contributed by atoms with Crippen LogP contribution in [0.1, 0.15) is 23.1 Å². The molecule has 9 heteroatoms. The number of methoxy groups -OCH3 is 1. The number of nitrogens with one attached hydrogen (secondary N) is 2. The van der Waals surface area contributed by atoms with Crippen LogP contribution in [0.5, 0.6) is 0 Å². The van der Waals surface area contributed by atoms with E-state index in [-0.39, 0.29) is 22.2 Å². The lowest BCUT2D eigenvalue weighted by Crippen LogP contribution is -2.30. The fraction of sp³-hybridized carbons (Fsp3) is 0.600. The molecule has 1 aromatic rings. The van der Waals surface area contributed by atoms with Crippen molar-refractivity contribution in [2.75, 3.05) is 20.3 Å². The van der Waals surface area contributed by atoms with Gasteiger partial charge in [0, 0.05) is 24.3 Å². The third kappa shape index (κ3) is 4.19. The second kappa shape index (κ2) is 6.36. The highest BCUT2D eigenvalue weighted by atomic mass is 35.7. The molecule has 108 valence electrons. The van der Waals surface area contributed by atoms with Crippen LogP contribution in [0.2, 0.25) is 0 Å². The van der Waals surface area contributed by atoms with Crippen molar-refractivity contribution in [1.29, 1.82) is 0 Å². The predicted octanol–water partition coefficient (Wildman–Crippen LogP) is 0.658. The molecule has 19 heavy (non-hydrogen) atoms. The summed E-state index contributed by atoms with van der Waals surface area (Å²) in [6.45, 7) is 4.20. The highest BCUT2D eigenvalue weighted by Crippen LogP contribution is 2.21. The Morgan fingerprint density at radius 2 is 2.21 bits per heavy atom. The first-order valence-corrected chi connectivity index (χ1v) is 7.85.